The first-order valence-corrected chi connectivity index (χ1v) is 11.8. The van der Waals surface area contributed by atoms with E-state index in [9.17, 15) is 32.7 Å². The number of carbonyl (C=O) groups excluding carboxylic acids is 2. The first kappa shape index (κ1) is 22.6. The second kappa shape index (κ2) is 8.42. The Kier molecular flexibility index (Phi) is 5.78. The van der Waals surface area contributed by atoms with Gasteiger partial charge in [0.1, 0.15) is 16.0 Å². The lowest BCUT2D eigenvalue weighted by atomic mass is 10.0. The number of nitrogens with zero attached hydrogens (tertiary/aromatic N) is 1. The number of hydrogen-bond acceptors (Lipinski definition) is 8. The molecule has 2 aliphatic heterocycles. The first-order valence-electron chi connectivity index (χ1n) is 9.49. The largest absolute Gasteiger partial charge is 0.478 e. The predicted octanol–water partition coefficient (Wildman–Crippen LogP) is 1.30. The minimum Gasteiger partial charge on any atom is -0.478 e. The Morgan fingerprint density at radius 2 is 1.88 bits per heavy atom. The van der Waals surface area contributed by atoms with Gasteiger partial charge in [-0.2, -0.15) is 0 Å². The summed E-state index contributed by atoms with van der Waals surface area (Å²) in [6, 6.07) is 8.11. The fraction of sp³-hybridized carbons (Fsp3) is 0.200. The summed E-state index contributed by atoms with van der Waals surface area (Å²) < 4.78 is 32.4. The van der Waals surface area contributed by atoms with Crippen LogP contribution < -0.4 is 5.32 Å². The van der Waals surface area contributed by atoms with E-state index in [2.05, 4.69) is 5.32 Å². The molecule has 0 saturated carbocycles. The van der Waals surface area contributed by atoms with E-state index in [1.807, 2.05) is 0 Å². The van der Waals surface area contributed by atoms with Gasteiger partial charge in [-0.3, -0.25) is 9.59 Å². The zero-order valence-electron chi connectivity index (χ0n) is 16.7. The number of carboxylic acids is 2. The van der Waals surface area contributed by atoms with Crippen LogP contribution in [0.1, 0.15) is 32.5 Å². The lowest BCUT2D eigenvalue weighted by molar-refractivity contribution is -0.147. The third-order valence-corrected chi connectivity index (χ3v) is 8.15. The number of benzene rings is 1. The number of nitrogens with one attached hydrogen (secondary N) is 1. The van der Waals surface area contributed by atoms with Crippen molar-refractivity contribution in [3.8, 4) is 0 Å². The van der Waals surface area contributed by atoms with Gasteiger partial charge in [-0.1, -0.05) is 30.3 Å². The molecule has 3 N–H and O–H groups in total. The van der Waals surface area contributed by atoms with Crippen LogP contribution in [-0.4, -0.2) is 59.8 Å². The number of aliphatic carboxylic acids is 1. The van der Waals surface area contributed by atoms with Crippen molar-refractivity contribution in [2.45, 2.75) is 12.5 Å². The molecule has 2 amide bonds. The van der Waals surface area contributed by atoms with E-state index in [1.165, 1.54) is 0 Å². The Morgan fingerprint density at radius 1 is 1.18 bits per heavy atom. The summed E-state index contributed by atoms with van der Waals surface area (Å²) in [5.41, 5.74) is 0.364. The molecular weight excluding hydrogens is 476 g/mol. The molecule has 2 aromatic rings. The maximum atomic E-state index is 13.1. The molecule has 4 rings (SSSR count). The van der Waals surface area contributed by atoms with Crippen molar-refractivity contribution in [2.75, 3.05) is 18.5 Å². The number of thiophene rings is 1. The second-order valence-electron chi connectivity index (χ2n) is 7.07. The van der Waals surface area contributed by atoms with Gasteiger partial charge in [-0.25, -0.2) is 22.3 Å². The van der Waals surface area contributed by atoms with E-state index in [-0.39, 0.29) is 28.5 Å². The molecule has 172 valence electrons. The topological polar surface area (TPSA) is 167 Å². The molecule has 3 heterocycles. The van der Waals surface area contributed by atoms with Crippen LogP contribution in [0.5, 0.6) is 0 Å². The summed E-state index contributed by atoms with van der Waals surface area (Å²) in [5.74, 6) is -5.35. The van der Waals surface area contributed by atoms with Gasteiger partial charge in [0.05, 0.1) is 18.7 Å². The summed E-state index contributed by atoms with van der Waals surface area (Å²) in [4.78, 5) is 47.0. The second-order valence-corrected chi connectivity index (χ2v) is 9.95. The highest BCUT2D eigenvalue weighted by atomic mass is 32.2. The smallest absolute Gasteiger partial charge is 0.394 e. The molecule has 1 unspecified atom stereocenters. The van der Waals surface area contributed by atoms with E-state index < -0.39 is 46.4 Å². The Bertz CT molecular complexity index is 1310. The number of carbonyl (C=O) groups is 4. The molecule has 0 radical (unpaired) electrons. The van der Waals surface area contributed by atoms with Crippen molar-refractivity contribution < 1.29 is 42.5 Å². The molecular formula is C20H16N2O9S2. The fourth-order valence-electron chi connectivity index (χ4n) is 3.65. The monoisotopic (exact) mass is 492 g/mol. The minimum absolute atomic E-state index is 0.0437. The van der Waals surface area contributed by atoms with Gasteiger partial charge in [0.25, 0.3) is 15.9 Å². The van der Waals surface area contributed by atoms with Crippen molar-refractivity contribution in [1.82, 2.24) is 4.31 Å². The van der Waals surface area contributed by atoms with Crippen LogP contribution in [0.15, 0.2) is 36.4 Å². The van der Waals surface area contributed by atoms with Gasteiger partial charge >= 0.3 is 17.8 Å². The van der Waals surface area contributed by atoms with Gasteiger partial charge in [-0.05, 0) is 17.5 Å². The summed E-state index contributed by atoms with van der Waals surface area (Å²) >= 11 is 0.775. The van der Waals surface area contributed by atoms with Gasteiger partial charge < -0.3 is 20.3 Å². The van der Waals surface area contributed by atoms with Crippen molar-refractivity contribution in [1.29, 1.82) is 0 Å². The van der Waals surface area contributed by atoms with E-state index in [0.29, 0.717) is 20.3 Å². The zero-order chi connectivity index (χ0) is 23.9. The van der Waals surface area contributed by atoms with Gasteiger partial charge in [-0.15, -0.1) is 11.3 Å². The van der Waals surface area contributed by atoms with Crippen LogP contribution in [0.2, 0.25) is 0 Å². The van der Waals surface area contributed by atoms with Crippen molar-refractivity contribution >= 4 is 55.0 Å². The van der Waals surface area contributed by atoms with Crippen molar-refractivity contribution in [2.24, 2.45) is 0 Å². The standard InChI is InChI=1S/C20H16N2O9S2/c23-14-8-13(10-4-2-1-3-5-10)33(29,30)22(14)9-12-16-11(6-7-31-12)15(19(25)26)18(32-16)21-17(24)20(27)28/h1-5,8,12H,6-7,9H2,(H,21,24)(H,25,26)(H,27,28). The average Bonchev–Trinajstić information content (AvgIpc) is 3.24. The highest BCUT2D eigenvalue weighted by Gasteiger charge is 2.42. The maximum Gasteiger partial charge on any atom is 0.394 e. The number of aromatic carboxylic acids is 1. The lowest BCUT2D eigenvalue weighted by Gasteiger charge is -2.27. The number of rotatable bonds is 5. The molecule has 33 heavy (non-hydrogen) atoms. The van der Waals surface area contributed by atoms with E-state index in [0.717, 1.165) is 17.4 Å². The molecule has 1 aromatic carbocycles. The van der Waals surface area contributed by atoms with Crippen LogP contribution in [0.25, 0.3) is 4.91 Å². The number of fused-ring (bicyclic) bond motifs is 1. The summed E-state index contributed by atoms with van der Waals surface area (Å²) in [6.07, 6.45) is 0.181. The fourth-order valence-corrected chi connectivity index (χ4v) is 6.47. The van der Waals surface area contributed by atoms with Gasteiger partial charge in [0.15, 0.2) is 0 Å². The molecule has 13 heteroatoms. The first-order chi connectivity index (χ1) is 15.6. The molecule has 0 aliphatic carbocycles. The van der Waals surface area contributed by atoms with Crippen molar-refractivity contribution in [3.05, 3.63) is 58.0 Å². The predicted molar refractivity (Wildman–Crippen MR) is 115 cm³/mol. The highest BCUT2D eigenvalue weighted by Crippen LogP contribution is 2.43. The van der Waals surface area contributed by atoms with Gasteiger partial charge in [0, 0.05) is 11.0 Å². The third-order valence-electron chi connectivity index (χ3n) is 5.10. The van der Waals surface area contributed by atoms with Crippen molar-refractivity contribution in [3.63, 3.8) is 0 Å². The summed E-state index contributed by atoms with van der Waals surface area (Å²) in [7, 11) is -4.18. The normalized spacial score (nSPS) is 19.0. The third kappa shape index (κ3) is 4.01. The number of carboxylic acid groups (broad SMARTS) is 2. The van der Waals surface area contributed by atoms with Crippen LogP contribution in [0.4, 0.5) is 5.00 Å². The molecule has 0 spiro atoms. The van der Waals surface area contributed by atoms with E-state index in [4.69, 9.17) is 9.84 Å². The number of hydrogen-bond donors (Lipinski definition) is 3. The quantitative estimate of drug-likeness (QED) is 0.521. The highest BCUT2D eigenvalue weighted by molar-refractivity contribution is 7.99. The maximum absolute atomic E-state index is 13.1. The van der Waals surface area contributed by atoms with Crippen LogP contribution >= 0.6 is 11.3 Å². The van der Waals surface area contributed by atoms with E-state index >= 15 is 0 Å². The Morgan fingerprint density at radius 3 is 2.52 bits per heavy atom. The molecule has 0 bridgehead atoms. The Balaban J connectivity index is 1.67. The molecule has 2 aliphatic rings. The molecule has 1 atom stereocenters. The summed E-state index contributed by atoms with van der Waals surface area (Å²) in [6.45, 7) is -0.366. The zero-order valence-corrected chi connectivity index (χ0v) is 18.3. The lowest BCUT2D eigenvalue weighted by Crippen LogP contribution is -2.36. The molecule has 1 aromatic heterocycles. The number of ether oxygens (including phenoxy) is 1. The van der Waals surface area contributed by atoms with Crippen LogP contribution in [-0.2, 0) is 35.6 Å². The Labute approximate surface area is 190 Å². The molecule has 0 fully saturated rings. The van der Waals surface area contributed by atoms with Crippen LogP contribution in [0, 0.1) is 0 Å². The van der Waals surface area contributed by atoms with E-state index in [1.54, 1.807) is 30.3 Å². The van der Waals surface area contributed by atoms with Gasteiger partial charge in [0.2, 0.25) is 0 Å². The minimum atomic E-state index is -4.18. The number of amides is 2. The van der Waals surface area contributed by atoms with Crippen LogP contribution in [0.3, 0.4) is 0 Å². The Hall–Kier alpha value is -3.55. The SMILES string of the molecule is O=C(O)C(=O)Nc1sc2c(c1C(=O)O)CCOC2CN1C(=O)C=C(c2ccccc2)S1(=O)=O. The average molecular weight is 492 g/mol. The summed E-state index contributed by atoms with van der Waals surface area (Å²) in [5, 5.41) is 20.3. The number of sulfonamides is 1. The molecule has 0 saturated heterocycles. The molecule has 11 nitrogen and oxygen atoms in total. The number of anilines is 1.